The van der Waals surface area contributed by atoms with Crippen molar-refractivity contribution < 1.29 is 9.47 Å². The Morgan fingerprint density at radius 3 is 2.46 bits per heavy atom. The fraction of sp³-hybridized carbons (Fsp3) is 0.385. The lowest BCUT2D eigenvalue weighted by Gasteiger charge is -2.26. The van der Waals surface area contributed by atoms with Crippen LogP contribution in [0.25, 0.3) is 11.6 Å². The highest BCUT2D eigenvalue weighted by Gasteiger charge is 2.38. The lowest BCUT2D eigenvalue weighted by atomic mass is 9.86. The Morgan fingerprint density at radius 1 is 1.11 bits per heavy atom. The first-order valence-corrected chi connectivity index (χ1v) is 10.3. The quantitative estimate of drug-likeness (QED) is 0.503. The zero-order chi connectivity index (χ0) is 20.1. The molecule has 1 aliphatic rings. The number of methoxy groups -OCH3 is 1. The Hall–Kier alpha value is -2.48. The summed E-state index contributed by atoms with van der Waals surface area (Å²) >= 11 is 0. The molecule has 0 aliphatic carbocycles. The van der Waals surface area contributed by atoms with E-state index in [1.807, 2.05) is 12.1 Å². The Balaban J connectivity index is 2.01. The molecule has 0 fully saturated rings. The molecule has 0 saturated carbocycles. The van der Waals surface area contributed by atoms with Gasteiger partial charge in [-0.05, 0) is 56.0 Å². The molecule has 2 aromatic rings. The van der Waals surface area contributed by atoms with Crippen LogP contribution in [0.4, 0.5) is 0 Å². The van der Waals surface area contributed by atoms with E-state index in [-0.39, 0.29) is 5.60 Å². The maximum absolute atomic E-state index is 6.66. The molecule has 148 valence electrons. The van der Waals surface area contributed by atoms with Crippen molar-refractivity contribution in [2.45, 2.75) is 59.0 Å². The Labute approximate surface area is 169 Å². The van der Waals surface area contributed by atoms with Crippen molar-refractivity contribution in [3.8, 4) is 5.75 Å². The summed E-state index contributed by atoms with van der Waals surface area (Å²) in [4.78, 5) is 0. The van der Waals surface area contributed by atoms with E-state index in [0.717, 1.165) is 37.2 Å². The minimum Gasteiger partial charge on any atom is -0.497 e. The molecule has 1 heterocycles. The molecule has 1 atom stereocenters. The number of ether oxygens (including phenoxy) is 2. The van der Waals surface area contributed by atoms with Gasteiger partial charge in [-0.25, -0.2) is 0 Å². The van der Waals surface area contributed by atoms with Crippen LogP contribution in [0.5, 0.6) is 5.75 Å². The third kappa shape index (κ3) is 4.32. The molecule has 0 N–H and O–H groups in total. The van der Waals surface area contributed by atoms with Gasteiger partial charge < -0.3 is 9.47 Å². The average Bonchev–Trinajstić information content (AvgIpc) is 3.04. The number of benzene rings is 2. The van der Waals surface area contributed by atoms with Gasteiger partial charge in [0.25, 0.3) is 0 Å². The van der Waals surface area contributed by atoms with Gasteiger partial charge in [0.05, 0.1) is 7.11 Å². The second kappa shape index (κ2) is 8.68. The van der Waals surface area contributed by atoms with Crippen LogP contribution in [0, 0.1) is 0 Å². The zero-order valence-electron chi connectivity index (χ0n) is 17.8. The third-order valence-corrected chi connectivity index (χ3v) is 5.39. The first-order chi connectivity index (χ1) is 13.5. The number of unbranched alkanes of at least 4 members (excludes halogenated alkanes) is 1. The number of rotatable bonds is 7. The van der Waals surface area contributed by atoms with E-state index in [1.165, 1.54) is 27.8 Å². The Kier molecular flexibility index (Phi) is 6.28. The summed E-state index contributed by atoms with van der Waals surface area (Å²) in [5.41, 5.74) is 6.07. The molecular weight excluding hydrogens is 344 g/mol. The molecule has 28 heavy (non-hydrogen) atoms. The summed E-state index contributed by atoms with van der Waals surface area (Å²) in [6.07, 6.45) is 6.44. The SMILES string of the molecule is CCCCC1=C(c2ccccc2C=C(C)C)CC(C)(c2ccc(OC)cc2)O1. The smallest absolute Gasteiger partial charge is 0.135 e. The van der Waals surface area contributed by atoms with Crippen LogP contribution in [0.1, 0.15) is 70.1 Å². The van der Waals surface area contributed by atoms with Crippen molar-refractivity contribution in [2.24, 2.45) is 0 Å². The normalized spacial score (nSPS) is 18.8. The number of hydrogen-bond donors (Lipinski definition) is 0. The van der Waals surface area contributed by atoms with Crippen LogP contribution in [-0.4, -0.2) is 7.11 Å². The second-order valence-corrected chi connectivity index (χ2v) is 8.05. The second-order valence-electron chi connectivity index (χ2n) is 8.05. The monoisotopic (exact) mass is 376 g/mol. The third-order valence-electron chi connectivity index (χ3n) is 5.39. The van der Waals surface area contributed by atoms with Crippen LogP contribution in [0.3, 0.4) is 0 Å². The molecule has 0 radical (unpaired) electrons. The summed E-state index contributed by atoms with van der Waals surface area (Å²) < 4.78 is 12.0. The molecule has 2 heteroatoms. The topological polar surface area (TPSA) is 18.5 Å². The highest BCUT2D eigenvalue weighted by Crippen LogP contribution is 2.48. The van der Waals surface area contributed by atoms with Crippen molar-refractivity contribution in [1.82, 2.24) is 0 Å². The van der Waals surface area contributed by atoms with Crippen LogP contribution < -0.4 is 4.74 Å². The van der Waals surface area contributed by atoms with E-state index in [2.05, 4.69) is 70.2 Å². The average molecular weight is 377 g/mol. The molecule has 0 aromatic heterocycles. The van der Waals surface area contributed by atoms with Gasteiger partial charge >= 0.3 is 0 Å². The lowest BCUT2D eigenvalue weighted by molar-refractivity contribution is 0.0356. The van der Waals surface area contributed by atoms with Crippen molar-refractivity contribution in [1.29, 1.82) is 0 Å². The first-order valence-electron chi connectivity index (χ1n) is 10.3. The van der Waals surface area contributed by atoms with Gasteiger partial charge in [-0.1, -0.05) is 61.4 Å². The van der Waals surface area contributed by atoms with Gasteiger partial charge in [-0.2, -0.15) is 0 Å². The predicted octanol–water partition coefficient (Wildman–Crippen LogP) is 7.36. The van der Waals surface area contributed by atoms with Crippen LogP contribution in [0.2, 0.25) is 0 Å². The van der Waals surface area contributed by atoms with Gasteiger partial charge in [0.15, 0.2) is 0 Å². The molecule has 0 bridgehead atoms. The molecule has 2 aromatic carbocycles. The standard InChI is InChI=1S/C26H32O2/c1-6-7-12-25-24(23-11-9-8-10-20(23)17-19(2)3)18-26(4,28-25)21-13-15-22(27-5)16-14-21/h8-11,13-17H,6-7,12,18H2,1-5H3. The zero-order valence-corrected chi connectivity index (χ0v) is 17.8. The van der Waals surface area contributed by atoms with Crippen molar-refractivity contribution >= 4 is 11.6 Å². The first kappa shape index (κ1) is 20.3. The number of hydrogen-bond acceptors (Lipinski definition) is 2. The van der Waals surface area contributed by atoms with Crippen LogP contribution in [-0.2, 0) is 10.3 Å². The van der Waals surface area contributed by atoms with E-state index in [9.17, 15) is 0 Å². The Morgan fingerprint density at radius 2 is 1.82 bits per heavy atom. The molecular formula is C26H32O2. The summed E-state index contributed by atoms with van der Waals surface area (Å²) in [6, 6.07) is 17.0. The fourth-order valence-corrected chi connectivity index (χ4v) is 3.90. The van der Waals surface area contributed by atoms with E-state index < -0.39 is 0 Å². The molecule has 0 amide bonds. The summed E-state index contributed by atoms with van der Waals surface area (Å²) in [7, 11) is 1.70. The highest BCUT2D eigenvalue weighted by molar-refractivity contribution is 5.78. The molecule has 3 rings (SSSR count). The van der Waals surface area contributed by atoms with E-state index >= 15 is 0 Å². The van der Waals surface area contributed by atoms with Gasteiger partial charge in [0.1, 0.15) is 17.1 Å². The minimum atomic E-state index is -0.344. The molecule has 0 saturated heterocycles. The minimum absolute atomic E-state index is 0.344. The Bertz CT molecular complexity index is 870. The molecule has 2 nitrogen and oxygen atoms in total. The highest BCUT2D eigenvalue weighted by atomic mass is 16.5. The lowest BCUT2D eigenvalue weighted by Crippen LogP contribution is -2.21. The molecule has 0 spiro atoms. The molecule has 1 unspecified atom stereocenters. The van der Waals surface area contributed by atoms with Gasteiger partial charge in [0, 0.05) is 18.4 Å². The van der Waals surface area contributed by atoms with Crippen molar-refractivity contribution in [3.63, 3.8) is 0 Å². The largest absolute Gasteiger partial charge is 0.497 e. The predicted molar refractivity (Wildman–Crippen MR) is 118 cm³/mol. The summed E-state index contributed by atoms with van der Waals surface area (Å²) in [5, 5.41) is 0. The summed E-state index contributed by atoms with van der Waals surface area (Å²) in [6.45, 7) is 8.73. The van der Waals surface area contributed by atoms with Crippen LogP contribution >= 0.6 is 0 Å². The van der Waals surface area contributed by atoms with Gasteiger partial charge in [-0.15, -0.1) is 0 Å². The molecule has 1 aliphatic heterocycles. The van der Waals surface area contributed by atoms with Gasteiger partial charge in [-0.3, -0.25) is 0 Å². The van der Waals surface area contributed by atoms with E-state index in [4.69, 9.17) is 9.47 Å². The van der Waals surface area contributed by atoms with Crippen molar-refractivity contribution in [2.75, 3.05) is 7.11 Å². The summed E-state index contributed by atoms with van der Waals surface area (Å²) in [5.74, 6) is 2.02. The maximum atomic E-state index is 6.66. The van der Waals surface area contributed by atoms with Crippen molar-refractivity contribution in [3.05, 3.63) is 76.6 Å². The van der Waals surface area contributed by atoms with Gasteiger partial charge in [0.2, 0.25) is 0 Å². The van der Waals surface area contributed by atoms with E-state index in [0.29, 0.717) is 0 Å². The van der Waals surface area contributed by atoms with Crippen LogP contribution in [0.15, 0.2) is 59.9 Å². The number of allylic oxidation sites excluding steroid dienone is 2. The fourth-order valence-electron chi connectivity index (χ4n) is 3.90. The maximum Gasteiger partial charge on any atom is 0.135 e. The van der Waals surface area contributed by atoms with E-state index in [1.54, 1.807) is 7.11 Å².